The molecule has 0 bridgehead atoms. The number of nitrogens with one attached hydrogen (secondary N) is 2. The van der Waals surface area contributed by atoms with Crippen molar-refractivity contribution >= 4 is 40.2 Å². The number of fused-ring (bicyclic) bond motifs is 2. The third-order valence-corrected chi connectivity index (χ3v) is 8.12. The predicted molar refractivity (Wildman–Crippen MR) is 161 cm³/mol. The van der Waals surface area contributed by atoms with Gasteiger partial charge in [0.05, 0.1) is 35.2 Å². The minimum Gasteiger partial charge on any atom is -0.372 e. The second-order valence-corrected chi connectivity index (χ2v) is 11.0. The molecule has 10 nitrogen and oxygen atoms in total. The molecule has 2 aromatic carbocycles. The van der Waals surface area contributed by atoms with Crippen LogP contribution in [0.5, 0.6) is 0 Å². The van der Waals surface area contributed by atoms with Crippen molar-refractivity contribution in [1.29, 1.82) is 0 Å². The van der Waals surface area contributed by atoms with Gasteiger partial charge in [0, 0.05) is 31.7 Å². The summed E-state index contributed by atoms with van der Waals surface area (Å²) in [5.74, 6) is 0.00425. The van der Waals surface area contributed by atoms with Gasteiger partial charge in [0.25, 0.3) is 5.56 Å². The van der Waals surface area contributed by atoms with Gasteiger partial charge in [-0.2, -0.15) is 22.7 Å². The summed E-state index contributed by atoms with van der Waals surface area (Å²) in [6.45, 7) is 8.32. The molecule has 230 valence electrons. The minimum absolute atomic E-state index is 0.0751. The number of carbonyl (C=O) groups is 1. The first kappa shape index (κ1) is 29.9. The van der Waals surface area contributed by atoms with Crippen molar-refractivity contribution < 1.29 is 22.7 Å². The fraction of sp³-hybridized carbons (Fsp3) is 0.333. The molecule has 0 atom stereocenters. The van der Waals surface area contributed by atoms with Crippen LogP contribution in [0.2, 0.25) is 5.02 Å². The average molecular weight is 628 g/mol. The molecule has 44 heavy (non-hydrogen) atoms. The van der Waals surface area contributed by atoms with E-state index in [4.69, 9.17) is 21.3 Å². The second kappa shape index (κ2) is 11.7. The fourth-order valence-electron chi connectivity index (χ4n) is 5.55. The maximum atomic E-state index is 13.9. The zero-order chi connectivity index (χ0) is 31.2. The number of nitrogens with zero attached hydrogens (tertiary/aromatic N) is 5. The van der Waals surface area contributed by atoms with Crippen LogP contribution >= 0.6 is 11.6 Å². The molecule has 1 fully saturated rings. The zero-order valence-corrected chi connectivity index (χ0v) is 24.6. The third kappa shape index (κ3) is 5.58. The van der Waals surface area contributed by atoms with Gasteiger partial charge in [-0.25, -0.2) is 0 Å². The minimum atomic E-state index is -4.62. The van der Waals surface area contributed by atoms with Gasteiger partial charge in [-0.1, -0.05) is 43.3 Å². The van der Waals surface area contributed by atoms with Gasteiger partial charge in [-0.05, 0) is 41.3 Å². The third-order valence-electron chi connectivity index (χ3n) is 7.81. The van der Waals surface area contributed by atoms with Gasteiger partial charge in [0.15, 0.2) is 5.82 Å². The zero-order valence-electron chi connectivity index (χ0n) is 23.8. The molecule has 1 saturated heterocycles. The Morgan fingerprint density at radius 1 is 1.14 bits per heavy atom. The molecular weight excluding hydrogens is 599 g/mol. The Kier molecular flexibility index (Phi) is 7.95. The highest BCUT2D eigenvalue weighted by Gasteiger charge is 2.33. The summed E-state index contributed by atoms with van der Waals surface area (Å²) < 4.78 is 47.8. The molecule has 2 aliphatic rings. The highest BCUT2D eigenvalue weighted by molar-refractivity contribution is 6.33. The van der Waals surface area contributed by atoms with Crippen molar-refractivity contribution in [3.8, 4) is 11.4 Å². The first-order chi connectivity index (χ1) is 21.0. The lowest BCUT2D eigenvalue weighted by Crippen LogP contribution is -2.47. The van der Waals surface area contributed by atoms with Gasteiger partial charge in [0.1, 0.15) is 12.2 Å². The number of carbonyl (C=O) groups excluding carboxylic acids is 1. The van der Waals surface area contributed by atoms with Crippen LogP contribution in [-0.2, 0) is 35.7 Å². The summed E-state index contributed by atoms with van der Waals surface area (Å²) >= 11 is 6.26. The van der Waals surface area contributed by atoms with Crippen molar-refractivity contribution in [2.45, 2.75) is 39.3 Å². The molecule has 2 aliphatic heterocycles. The number of piperazine rings is 1. The van der Waals surface area contributed by atoms with E-state index < -0.39 is 17.7 Å². The molecule has 2 aromatic heterocycles. The number of anilines is 2. The van der Waals surface area contributed by atoms with Gasteiger partial charge in [-0.15, -0.1) is 5.10 Å². The van der Waals surface area contributed by atoms with E-state index >= 15 is 0 Å². The molecule has 4 heterocycles. The molecule has 0 saturated carbocycles. The topological polar surface area (TPSA) is 106 Å². The average Bonchev–Trinajstić information content (AvgIpc) is 3.66. The number of amides is 1. The molecule has 0 unspecified atom stereocenters. The van der Waals surface area contributed by atoms with Crippen LogP contribution in [0.25, 0.3) is 22.7 Å². The van der Waals surface area contributed by atoms with E-state index in [2.05, 4.69) is 22.3 Å². The molecule has 0 radical (unpaired) electrons. The lowest BCUT2D eigenvalue weighted by Gasteiger charge is -2.31. The van der Waals surface area contributed by atoms with Crippen LogP contribution in [0.15, 0.2) is 47.8 Å². The number of benzene rings is 2. The van der Waals surface area contributed by atoms with Crippen molar-refractivity contribution in [1.82, 2.24) is 24.5 Å². The van der Waals surface area contributed by atoms with Crippen LogP contribution in [0.3, 0.4) is 0 Å². The van der Waals surface area contributed by atoms with E-state index in [9.17, 15) is 22.8 Å². The smallest absolute Gasteiger partial charge is 0.372 e. The second-order valence-electron chi connectivity index (χ2n) is 10.6. The van der Waals surface area contributed by atoms with E-state index in [0.29, 0.717) is 68.6 Å². The summed E-state index contributed by atoms with van der Waals surface area (Å²) in [5, 5.41) is 10.5. The SMILES string of the molecule is C=C(c1ccc(NC(=O)Cn2c(CC)c(N3CCNCC3)c(=O)n3nc(-c4ccc5c(c4)COC5)nc23)c(Cl)c1)C(F)(F)F. The van der Waals surface area contributed by atoms with E-state index in [1.165, 1.54) is 16.6 Å². The van der Waals surface area contributed by atoms with Gasteiger partial charge in [-0.3, -0.25) is 9.59 Å². The Bertz CT molecular complexity index is 1840. The number of aromatic nitrogens is 4. The lowest BCUT2D eigenvalue weighted by atomic mass is 10.1. The van der Waals surface area contributed by atoms with Crippen LogP contribution < -0.4 is 21.1 Å². The van der Waals surface area contributed by atoms with Crippen LogP contribution in [0.1, 0.15) is 29.3 Å². The van der Waals surface area contributed by atoms with E-state index in [0.717, 1.165) is 17.2 Å². The molecule has 0 aliphatic carbocycles. The lowest BCUT2D eigenvalue weighted by molar-refractivity contribution is -0.116. The van der Waals surface area contributed by atoms with Gasteiger partial charge >= 0.3 is 6.18 Å². The summed E-state index contributed by atoms with van der Waals surface area (Å²) in [5.41, 5.74) is 2.43. The predicted octanol–water partition coefficient (Wildman–Crippen LogP) is 4.43. The standard InChI is InChI=1S/C30H29ClF3N7O3/c1-3-24-26(39-10-8-35-9-11-39)28(43)41-29(37-27(38-41)19-4-5-20-15-44-16-21(20)12-19)40(24)14-25(42)36-23-7-6-18(13-22(23)31)17(2)30(32,33)34/h4-7,12-13,35H,2-3,8-11,14-16H2,1H3,(H,36,42). The molecule has 4 aromatic rings. The normalized spacial score (nSPS) is 15.1. The Hall–Kier alpha value is -4.20. The number of hydrogen-bond donors (Lipinski definition) is 2. The van der Waals surface area contributed by atoms with Crippen molar-refractivity contribution in [2.75, 3.05) is 36.4 Å². The maximum absolute atomic E-state index is 13.9. The molecule has 14 heteroatoms. The molecule has 6 rings (SSSR count). The quantitative estimate of drug-likeness (QED) is 0.312. The molecular formula is C30H29ClF3N7O3. The number of allylic oxidation sites excluding steroid dienone is 1. The van der Waals surface area contributed by atoms with E-state index in [-0.39, 0.29) is 34.2 Å². The monoisotopic (exact) mass is 627 g/mol. The van der Waals surface area contributed by atoms with Crippen molar-refractivity contribution in [2.24, 2.45) is 0 Å². The number of rotatable bonds is 7. The molecule has 2 N–H and O–H groups in total. The summed E-state index contributed by atoms with van der Waals surface area (Å²) in [6, 6.07) is 9.37. The highest BCUT2D eigenvalue weighted by Crippen LogP contribution is 2.35. The number of hydrogen-bond acceptors (Lipinski definition) is 7. The van der Waals surface area contributed by atoms with E-state index in [1.807, 2.05) is 30.0 Å². The maximum Gasteiger partial charge on any atom is 0.416 e. The van der Waals surface area contributed by atoms with Gasteiger partial charge < -0.3 is 24.8 Å². The molecule has 0 spiro atoms. The summed E-state index contributed by atoms with van der Waals surface area (Å²) in [6.07, 6.45) is -4.20. The Labute approximate surface area is 255 Å². The first-order valence-electron chi connectivity index (χ1n) is 14.1. The Morgan fingerprint density at radius 3 is 2.59 bits per heavy atom. The summed E-state index contributed by atoms with van der Waals surface area (Å²) in [4.78, 5) is 34.1. The Balaban J connectivity index is 1.40. The first-order valence-corrected chi connectivity index (χ1v) is 14.5. The van der Waals surface area contributed by atoms with Crippen LogP contribution in [-0.4, -0.2) is 57.4 Å². The largest absolute Gasteiger partial charge is 0.416 e. The number of halogens is 4. The number of ether oxygens (including phenoxy) is 1. The number of alkyl halides is 3. The van der Waals surface area contributed by atoms with E-state index in [1.54, 1.807) is 4.57 Å². The van der Waals surface area contributed by atoms with Crippen molar-refractivity contribution in [3.05, 3.63) is 80.7 Å². The van der Waals surface area contributed by atoms with Crippen LogP contribution in [0.4, 0.5) is 24.5 Å². The summed E-state index contributed by atoms with van der Waals surface area (Å²) in [7, 11) is 0. The highest BCUT2D eigenvalue weighted by atomic mass is 35.5. The van der Waals surface area contributed by atoms with Gasteiger partial charge in [0.2, 0.25) is 11.7 Å². The van der Waals surface area contributed by atoms with Crippen molar-refractivity contribution in [3.63, 3.8) is 0 Å². The Morgan fingerprint density at radius 2 is 1.89 bits per heavy atom. The molecule has 1 amide bonds. The fourth-order valence-corrected chi connectivity index (χ4v) is 5.78. The van der Waals surface area contributed by atoms with Crippen LogP contribution in [0, 0.1) is 0 Å².